The first-order chi connectivity index (χ1) is 8.05. The normalized spacial score (nSPS) is 12.5. The molecule has 0 radical (unpaired) electrons. The van der Waals surface area contributed by atoms with E-state index >= 15 is 0 Å². The molecule has 0 unspecified atom stereocenters. The second-order valence-electron chi connectivity index (χ2n) is 3.47. The number of carboxylic acid groups (broad SMARTS) is 1. The van der Waals surface area contributed by atoms with Crippen molar-refractivity contribution in [3.63, 3.8) is 0 Å². The van der Waals surface area contributed by atoms with Gasteiger partial charge in [0.05, 0.1) is 6.42 Å². The van der Waals surface area contributed by atoms with Crippen LogP contribution in [0.2, 0.25) is 0 Å². The van der Waals surface area contributed by atoms with Crippen LogP contribution in [0.1, 0.15) is 11.1 Å². The number of benzene rings is 1. The number of carbonyl (C=O) groups is 1. The van der Waals surface area contributed by atoms with Crippen LogP contribution >= 0.6 is 23.5 Å². The van der Waals surface area contributed by atoms with Gasteiger partial charge in [-0.15, -0.1) is 0 Å². The number of alkyl halides is 2. The lowest BCUT2D eigenvalue weighted by atomic mass is 10.1. The summed E-state index contributed by atoms with van der Waals surface area (Å²) < 4.78 is 37.3. The van der Waals surface area contributed by atoms with Gasteiger partial charge in [0.1, 0.15) is 0 Å². The van der Waals surface area contributed by atoms with Crippen molar-refractivity contribution in [2.45, 2.75) is 12.1 Å². The molecule has 1 aromatic carbocycles. The van der Waals surface area contributed by atoms with Crippen molar-refractivity contribution in [2.75, 3.05) is 0 Å². The van der Waals surface area contributed by atoms with Crippen LogP contribution in [-0.4, -0.2) is 20.9 Å². The monoisotopic (exact) mass is 344 g/mol. The molecule has 3 N–H and O–H groups in total. The largest absolute Gasteiger partial charge is 0.481 e. The second kappa shape index (κ2) is 5.05. The molecule has 0 fully saturated rings. The molecule has 0 saturated heterocycles. The van der Waals surface area contributed by atoms with Gasteiger partial charge in [-0.3, -0.25) is 9.36 Å². The minimum atomic E-state index is -5.64. The Labute approximate surface area is 109 Å². The molecule has 18 heavy (non-hydrogen) atoms. The first kappa shape index (κ1) is 15.2. The molecule has 0 heterocycles. The number of hydrogen-bond acceptors (Lipinski definition) is 2. The van der Waals surface area contributed by atoms with E-state index in [0.717, 1.165) is 18.2 Å². The van der Waals surface area contributed by atoms with Gasteiger partial charge < -0.3 is 14.9 Å². The lowest BCUT2D eigenvalue weighted by Crippen LogP contribution is -2.14. The first-order valence-corrected chi connectivity index (χ1v) is 6.90. The Hall–Kier alpha value is -0.820. The molecule has 100 valence electrons. The number of halogens is 3. The van der Waals surface area contributed by atoms with E-state index in [2.05, 4.69) is 15.9 Å². The van der Waals surface area contributed by atoms with Crippen LogP contribution in [0, 0.1) is 0 Å². The number of carboxylic acids is 1. The summed E-state index contributed by atoms with van der Waals surface area (Å²) in [6.45, 7) is 0. The number of rotatable bonds is 4. The third-order valence-electron chi connectivity index (χ3n) is 2.08. The van der Waals surface area contributed by atoms with Gasteiger partial charge >= 0.3 is 19.2 Å². The van der Waals surface area contributed by atoms with Crippen molar-refractivity contribution < 1.29 is 33.0 Å². The Bertz CT molecular complexity index is 528. The Kier molecular flexibility index (Phi) is 4.27. The van der Waals surface area contributed by atoms with Gasteiger partial charge in [-0.25, -0.2) is 0 Å². The summed E-state index contributed by atoms with van der Waals surface area (Å²) in [6.07, 6.45) is -0.375. The van der Waals surface area contributed by atoms with Gasteiger partial charge in [-0.1, -0.05) is 28.1 Å². The molecule has 0 atom stereocenters. The molecule has 1 aromatic rings. The third-order valence-corrected chi connectivity index (χ3v) is 3.71. The minimum absolute atomic E-state index is 0.236. The Morgan fingerprint density at radius 1 is 1.39 bits per heavy atom. The molecule has 5 nitrogen and oxygen atoms in total. The Morgan fingerprint density at radius 3 is 2.33 bits per heavy atom. The van der Waals surface area contributed by atoms with Crippen molar-refractivity contribution in [3.05, 3.63) is 33.8 Å². The summed E-state index contributed by atoms with van der Waals surface area (Å²) in [6, 6.07) is 2.96. The number of hydrogen-bond donors (Lipinski definition) is 3. The van der Waals surface area contributed by atoms with E-state index in [4.69, 9.17) is 14.9 Å². The van der Waals surface area contributed by atoms with E-state index in [1.807, 2.05) is 0 Å². The molecule has 1 rings (SSSR count). The fourth-order valence-corrected chi connectivity index (χ4v) is 2.58. The maximum absolute atomic E-state index is 13.4. The van der Waals surface area contributed by atoms with Gasteiger partial charge in [0.15, 0.2) is 0 Å². The zero-order valence-electron chi connectivity index (χ0n) is 8.68. The molecule has 0 bridgehead atoms. The summed E-state index contributed by atoms with van der Waals surface area (Å²) in [5.41, 5.74) is -4.97. The summed E-state index contributed by atoms with van der Waals surface area (Å²) in [5, 5.41) is 8.53. The van der Waals surface area contributed by atoms with Gasteiger partial charge in [0.25, 0.3) is 0 Å². The summed E-state index contributed by atoms with van der Waals surface area (Å²) in [7, 11) is -5.64. The molecule has 0 amide bonds. The second-order valence-corrected chi connectivity index (χ2v) is 5.97. The van der Waals surface area contributed by atoms with Crippen molar-refractivity contribution >= 4 is 29.5 Å². The Balaban J connectivity index is 3.22. The van der Waals surface area contributed by atoms with Crippen LogP contribution in [0.4, 0.5) is 8.78 Å². The van der Waals surface area contributed by atoms with E-state index in [9.17, 15) is 18.1 Å². The summed E-state index contributed by atoms with van der Waals surface area (Å²) in [5.74, 6) is -1.14. The van der Waals surface area contributed by atoms with E-state index in [1.165, 1.54) is 0 Å². The van der Waals surface area contributed by atoms with E-state index in [-0.39, 0.29) is 16.5 Å². The van der Waals surface area contributed by atoms with Crippen molar-refractivity contribution in [1.29, 1.82) is 0 Å². The van der Waals surface area contributed by atoms with E-state index in [0.29, 0.717) is 0 Å². The first-order valence-electron chi connectivity index (χ1n) is 4.50. The zero-order chi connectivity index (χ0) is 14.1. The van der Waals surface area contributed by atoms with Crippen LogP contribution in [0.15, 0.2) is 22.7 Å². The highest BCUT2D eigenvalue weighted by atomic mass is 79.9. The SMILES string of the molecule is O=C(O)Cc1ccc(C(F)(F)P(=O)(O)O)c(Br)c1. The third kappa shape index (κ3) is 3.14. The molecule has 0 aliphatic carbocycles. The average molecular weight is 345 g/mol. The molecule has 0 saturated carbocycles. The van der Waals surface area contributed by atoms with Crippen LogP contribution < -0.4 is 0 Å². The highest BCUT2D eigenvalue weighted by Crippen LogP contribution is 2.60. The molecule has 0 spiro atoms. The van der Waals surface area contributed by atoms with Gasteiger partial charge in [0.2, 0.25) is 0 Å². The van der Waals surface area contributed by atoms with Gasteiger partial charge in [0, 0.05) is 10.0 Å². The maximum Gasteiger partial charge on any atom is 0.399 e. The summed E-state index contributed by atoms with van der Waals surface area (Å²) in [4.78, 5) is 27.6. The fraction of sp³-hybridized carbons (Fsp3) is 0.222. The lowest BCUT2D eigenvalue weighted by Gasteiger charge is -2.19. The molecular weight excluding hydrogens is 337 g/mol. The van der Waals surface area contributed by atoms with Crippen molar-refractivity contribution in [3.8, 4) is 0 Å². The van der Waals surface area contributed by atoms with Crippen LogP contribution in [-0.2, 0) is 21.4 Å². The van der Waals surface area contributed by atoms with Crippen molar-refractivity contribution in [2.24, 2.45) is 0 Å². The lowest BCUT2D eigenvalue weighted by molar-refractivity contribution is -0.136. The molecule has 0 aliphatic rings. The highest BCUT2D eigenvalue weighted by Gasteiger charge is 2.51. The highest BCUT2D eigenvalue weighted by molar-refractivity contribution is 9.10. The molecule has 9 heteroatoms. The van der Waals surface area contributed by atoms with Crippen molar-refractivity contribution in [1.82, 2.24) is 0 Å². The summed E-state index contributed by atoms with van der Waals surface area (Å²) >= 11 is 2.75. The zero-order valence-corrected chi connectivity index (χ0v) is 11.2. The average Bonchev–Trinajstić information content (AvgIpc) is 2.13. The minimum Gasteiger partial charge on any atom is -0.481 e. The quantitative estimate of drug-likeness (QED) is 0.728. The van der Waals surface area contributed by atoms with Gasteiger partial charge in [-0.05, 0) is 11.6 Å². The molecule has 0 aromatic heterocycles. The fourth-order valence-electron chi connectivity index (χ4n) is 1.24. The van der Waals surface area contributed by atoms with E-state index < -0.39 is 24.8 Å². The topological polar surface area (TPSA) is 94.8 Å². The van der Waals surface area contributed by atoms with Gasteiger partial charge in [-0.2, -0.15) is 8.78 Å². The van der Waals surface area contributed by atoms with Crippen LogP contribution in [0.3, 0.4) is 0 Å². The molecule has 0 aliphatic heterocycles. The molecular formula is C9H8BrF2O5P. The van der Waals surface area contributed by atoms with Crippen LogP contribution in [0.25, 0.3) is 0 Å². The van der Waals surface area contributed by atoms with E-state index in [1.54, 1.807) is 0 Å². The Morgan fingerprint density at radius 2 is 1.94 bits per heavy atom. The predicted octanol–water partition coefficient (Wildman–Crippen LogP) is 2.30. The smallest absolute Gasteiger partial charge is 0.399 e. The number of aliphatic carboxylic acids is 1. The van der Waals surface area contributed by atoms with Crippen LogP contribution in [0.5, 0.6) is 0 Å². The maximum atomic E-state index is 13.4. The predicted molar refractivity (Wildman–Crippen MR) is 61.4 cm³/mol. The standard InChI is InChI=1S/C9H8BrF2O5P/c10-7-3-5(4-8(13)14)1-2-6(7)9(11,12)18(15,16)17/h1-3H,4H2,(H,13,14)(H2,15,16,17).